The van der Waals surface area contributed by atoms with Gasteiger partial charge in [0.05, 0.1) is 0 Å². The predicted octanol–water partition coefficient (Wildman–Crippen LogP) is 3.27. The van der Waals surface area contributed by atoms with Gasteiger partial charge in [-0.2, -0.15) is 0 Å². The Kier molecular flexibility index (Phi) is 4.09. The van der Waals surface area contributed by atoms with Gasteiger partial charge < -0.3 is 5.32 Å². The second-order valence-corrected chi connectivity index (χ2v) is 5.15. The van der Waals surface area contributed by atoms with Gasteiger partial charge >= 0.3 is 0 Å². The Labute approximate surface area is 96.7 Å². The molecule has 1 aliphatic heterocycles. The molecule has 0 saturated carbocycles. The quantitative estimate of drug-likeness (QED) is 0.766. The first-order valence-electron chi connectivity index (χ1n) is 5.84. The molecule has 1 aliphatic rings. The van der Waals surface area contributed by atoms with Crippen LogP contribution in [-0.4, -0.2) is 18.8 Å². The van der Waals surface area contributed by atoms with Gasteiger partial charge in [0.2, 0.25) is 0 Å². The van der Waals surface area contributed by atoms with Gasteiger partial charge in [-0.15, -0.1) is 11.8 Å². The summed E-state index contributed by atoms with van der Waals surface area (Å²) in [5.41, 5.74) is 1.57. The highest BCUT2D eigenvalue weighted by Gasteiger charge is 2.21. The van der Waals surface area contributed by atoms with Crippen LogP contribution >= 0.6 is 11.8 Å². The Morgan fingerprint density at radius 2 is 2.20 bits per heavy atom. The van der Waals surface area contributed by atoms with Crippen molar-refractivity contribution in [1.82, 2.24) is 5.32 Å². The number of nitrogens with one attached hydrogen (secondary N) is 1. The molecule has 1 heterocycles. The molecular formula is C13H19NS. The summed E-state index contributed by atoms with van der Waals surface area (Å²) in [6, 6.07) is 8.85. The summed E-state index contributed by atoms with van der Waals surface area (Å²) < 4.78 is 0. The molecular weight excluding hydrogens is 202 g/mol. The number of hydrogen-bond donors (Lipinski definition) is 1. The van der Waals surface area contributed by atoms with E-state index < -0.39 is 0 Å². The Balaban J connectivity index is 1.85. The highest BCUT2D eigenvalue weighted by atomic mass is 32.2. The van der Waals surface area contributed by atoms with Gasteiger partial charge in [0.25, 0.3) is 0 Å². The third-order valence-corrected chi connectivity index (χ3v) is 4.15. The maximum absolute atomic E-state index is 3.48. The van der Waals surface area contributed by atoms with Gasteiger partial charge in [0, 0.05) is 10.6 Å². The lowest BCUT2D eigenvalue weighted by atomic mass is 9.98. The monoisotopic (exact) mass is 221 g/mol. The number of thioether (sulfide) groups is 1. The first-order valence-corrected chi connectivity index (χ1v) is 6.83. The molecule has 82 valence electrons. The van der Waals surface area contributed by atoms with E-state index >= 15 is 0 Å². The minimum atomic E-state index is 0.774. The molecule has 0 bridgehead atoms. The maximum atomic E-state index is 3.48. The fraction of sp³-hybridized carbons (Fsp3) is 0.538. The topological polar surface area (TPSA) is 12.0 Å². The zero-order valence-corrected chi connectivity index (χ0v) is 10.1. The third-order valence-electron chi connectivity index (χ3n) is 2.90. The molecule has 0 amide bonds. The van der Waals surface area contributed by atoms with Crippen LogP contribution in [0.15, 0.2) is 29.2 Å². The van der Waals surface area contributed by atoms with E-state index in [1.54, 1.807) is 5.56 Å². The molecule has 0 aromatic heterocycles. The lowest BCUT2D eigenvalue weighted by Crippen LogP contribution is -2.18. The lowest BCUT2D eigenvalue weighted by Gasteiger charge is -2.10. The number of hydrogen-bond acceptors (Lipinski definition) is 2. The van der Waals surface area contributed by atoms with Crippen molar-refractivity contribution in [1.29, 1.82) is 0 Å². The van der Waals surface area contributed by atoms with Gasteiger partial charge in [-0.3, -0.25) is 0 Å². The SMILES string of the molecule is CCCNCCC1CSc2ccccc21. The molecule has 2 rings (SSSR count). The summed E-state index contributed by atoms with van der Waals surface area (Å²) in [7, 11) is 0. The molecule has 2 heteroatoms. The van der Waals surface area contributed by atoms with Gasteiger partial charge in [-0.1, -0.05) is 25.1 Å². The van der Waals surface area contributed by atoms with Crippen molar-refractivity contribution in [3.8, 4) is 0 Å². The number of rotatable bonds is 5. The van der Waals surface area contributed by atoms with Gasteiger partial charge in [-0.25, -0.2) is 0 Å². The highest BCUT2D eigenvalue weighted by Crippen LogP contribution is 2.40. The molecule has 15 heavy (non-hydrogen) atoms. The average Bonchev–Trinajstić information content (AvgIpc) is 2.68. The summed E-state index contributed by atoms with van der Waals surface area (Å²) in [5, 5.41) is 3.48. The van der Waals surface area contributed by atoms with E-state index in [1.807, 2.05) is 11.8 Å². The molecule has 1 nitrogen and oxygen atoms in total. The van der Waals surface area contributed by atoms with Crippen LogP contribution in [0.2, 0.25) is 0 Å². The van der Waals surface area contributed by atoms with Gasteiger partial charge in [0.15, 0.2) is 0 Å². The van der Waals surface area contributed by atoms with Crippen LogP contribution in [-0.2, 0) is 0 Å². The first kappa shape index (κ1) is 11.0. The van der Waals surface area contributed by atoms with E-state index in [0.29, 0.717) is 0 Å². The van der Waals surface area contributed by atoms with Crippen LogP contribution in [0.25, 0.3) is 0 Å². The molecule has 0 radical (unpaired) electrons. The van der Waals surface area contributed by atoms with Crippen molar-refractivity contribution in [3.63, 3.8) is 0 Å². The zero-order chi connectivity index (χ0) is 10.5. The van der Waals surface area contributed by atoms with E-state index in [2.05, 4.69) is 36.5 Å². The van der Waals surface area contributed by atoms with Crippen LogP contribution in [0, 0.1) is 0 Å². The molecule has 0 fully saturated rings. The number of fused-ring (bicyclic) bond motifs is 1. The van der Waals surface area contributed by atoms with Gasteiger partial charge in [-0.05, 0) is 43.5 Å². The standard InChI is InChI=1S/C13H19NS/c1-2-8-14-9-7-11-10-15-13-6-4-3-5-12(11)13/h3-6,11,14H,2,7-10H2,1H3. The molecule has 0 aliphatic carbocycles. The first-order chi connectivity index (χ1) is 7.42. The summed E-state index contributed by atoms with van der Waals surface area (Å²) >= 11 is 2.01. The van der Waals surface area contributed by atoms with Crippen molar-refractivity contribution in [2.45, 2.75) is 30.6 Å². The van der Waals surface area contributed by atoms with Crippen LogP contribution in [0.1, 0.15) is 31.2 Å². The summed E-state index contributed by atoms with van der Waals surface area (Å²) in [5.74, 6) is 2.04. The number of benzene rings is 1. The molecule has 1 unspecified atom stereocenters. The van der Waals surface area contributed by atoms with Crippen LogP contribution in [0.5, 0.6) is 0 Å². The largest absolute Gasteiger partial charge is 0.317 e. The molecule has 0 saturated heterocycles. The van der Waals surface area contributed by atoms with E-state index in [9.17, 15) is 0 Å². The minimum absolute atomic E-state index is 0.774. The van der Waals surface area contributed by atoms with Gasteiger partial charge in [0.1, 0.15) is 0 Å². The Bertz CT molecular complexity index is 311. The van der Waals surface area contributed by atoms with Crippen LogP contribution in [0.4, 0.5) is 0 Å². The fourth-order valence-corrected chi connectivity index (χ4v) is 3.35. The maximum Gasteiger partial charge on any atom is 0.0107 e. The Hall–Kier alpha value is -0.470. The minimum Gasteiger partial charge on any atom is -0.317 e. The second-order valence-electron chi connectivity index (χ2n) is 4.08. The normalized spacial score (nSPS) is 19.1. The Morgan fingerprint density at radius 3 is 3.07 bits per heavy atom. The predicted molar refractivity (Wildman–Crippen MR) is 67.7 cm³/mol. The van der Waals surface area contributed by atoms with Crippen molar-refractivity contribution in [3.05, 3.63) is 29.8 Å². The second kappa shape index (κ2) is 5.57. The lowest BCUT2D eigenvalue weighted by molar-refractivity contribution is 0.596. The summed E-state index contributed by atoms with van der Waals surface area (Å²) in [4.78, 5) is 1.50. The average molecular weight is 221 g/mol. The highest BCUT2D eigenvalue weighted by molar-refractivity contribution is 7.99. The molecule has 1 aromatic rings. The smallest absolute Gasteiger partial charge is 0.0107 e. The molecule has 1 aromatic carbocycles. The third kappa shape index (κ3) is 2.76. The van der Waals surface area contributed by atoms with E-state index in [4.69, 9.17) is 0 Å². The molecule has 0 spiro atoms. The summed E-state index contributed by atoms with van der Waals surface area (Å²) in [6.45, 7) is 4.53. The molecule has 1 N–H and O–H groups in total. The Morgan fingerprint density at radius 1 is 1.33 bits per heavy atom. The zero-order valence-electron chi connectivity index (χ0n) is 9.33. The van der Waals surface area contributed by atoms with Crippen molar-refractivity contribution in [2.24, 2.45) is 0 Å². The van der Waals surface area contributed by atoms with E-state index in [1.165, 1.54) is 23.5 Å². The van der Waals surface area contributed by atoms with Crippen LogP contribution in [0.3, 0.4) is 0 Å². The summed E-state index contributed by atoms with van der Waals surface area (Å²) in [6.07, 6.45) is 2.51. The van der Waals surface area contributed by atoms with Crippen molar-refractivity contribution >= 4 is 11.8 Å². The molecule has 1 atom stereocenters. The van der Waals surface area contributed by atoms with E-state index in [0.717, 1.165) is 19.0 Å². The van der Waals surface area contributed by atoms with Crippen LogP contribution < -0.4 is 5.32 Å². The fourth-order valence-electron chi connectivity index (χ4n) is 2.05. The van der Waals surface area contributed by atoms with Crippen molar-refractivity contribution < 1.29 is 0 Å². The van der Waals surface area contributed by atoms with E-state index in [-0.39, 0.29) is 0 Å². The van der Waals surface area contributed by atoms with Crippen molar-refractivity contribution in [2.75, 3.05) is 18.8 Å².